The van der Waals surface area contributed by atoms with Crippen LogP contribution in [-0.4, -0.2) is 55.2 Å². The first-order valence-electron chi connectivity index (χ1n) is 12.5. The molecule has 1 unspecified atom stereocenters. The quantitative estimate of drug-likeness (QED) is 0.417. The molecule has 0 fully saturated rings. The van der Waals surface area contributed by atoms with Crippen LogP contribution >= 0.6 is 0 Å². The second kappa shape index (κ2) is 12.3. The topological polar surface area (TPSA) is 81.5 Å². The summed E-state index contributed by atoms with van der Waals surface area (Å²) in [6, 6.07) is 9.41. The summed E-state index contributed by atoms with van der Waals surface area (Å²) in [5.74, 6) is 2.86. The van der Waals surface area contributed by atoms with Gasteiger partial charge >= 0.3 is 0 Å². The fraction of sp³-hybridized carbons (Fsp3) is 0.571. The van der Waals surface area contributed by atoms with Gasteiger partial charge in [0.05, 0.1) is 19.7 Å². The van der Waals surface area contributed by atoms with Gasteiger partial charge in [-0.25, -0.2) is 0 Å². The Morgan fingerprint density at radius 2 is 1.78 bits per heavy atom. The number of carbonyl (C=O) groups excluding carboxylic acids is 2. The van der Waals surface area contributed by atoms with Crippen molar-refractivity contribution in [1.82, 2.24) is 9.80 Å². The molecule has 3 rings (SSSR count). The summed E-state index contributed by atoms with van der Waals surface area (Å²) in [6.07, 6.45) is 1.33. The molecule has 8 nitrogen and oxygen atoms in total. The highest BCUT2D eigenvalue weighted by atomic mass is 16.7. The molecule has 0 radical (unpaired) electrons. The minimum Gasteiger partial charge on any atom is -0.464 e. The molecule has 1 aromatic carbocycles. The molecule has 0 saturated heterocycles. The lowest BCUT2D eigenvalue weighted by atomic mass is 9.84. The molecule has 2 amide bonds. The number of furan rings is 1. The fourth-order valence-electron chi connectivity index (χ4n) is 4.55. The molecule has 36 heavy (non-hydrogen) atoms. The highest BCUT2D eigenvalue weighted by molar-refractivity contribution is 5.85. The van der Waals surface area contributed by atoms with Crippen LogP contribution in [0.3, 0.4) is 0 Å². The molecule has 2 aromatic rings. The van der Waals surface area contributed by atoms with Crippen molar-refractivity contribution in [2.45, 2.75) is 60.5 Å². The Bertz CT molecular complexity index is 1030. The van der Waals surface area contributed by atoms with Crippen molar-refractivity contribution in [3.05, 3.63) is 47.4 Å². The van der Waals surface area contributed by atoms with E-state index in [1.54, 1.807) is 16.9 Å². The standard InChI is InChI=1S/C28H40N2O6/c1-20(15-28(3,4)5)13-26(31)29(11-12-33-6)18-27(32)30(17-23-9-7-21(2)36-23)16-22-8-10-24-25(14-22)35-19-34-24/h7-10,14,20H,11-13,15-19H2,1-6H3. The molecule has 1 atom stereocenters. The zero-order valence-electron chi connectivity index (χ0n) is 22.5. The van der Waals surface area contributed by atoms with Crippen LogP contribution in [0.5, 0.6) is 11.5 Å². The number of hydrogen-bond donors (Lipinski definition) is 0. The zero-order valence-corrected chi connectivity index (χ0v) is 22.5. The average Bonchev–Trinajstić information content (AvgIpc) is 3.42. The van der Waals surface area contributed by atoms with Crippen LogP contribution in [-0.2, 0) is 27.4 Å². The van der Waals surface area contributed by atoms with Gasteiger partial charge in [-0.15, -0.1) is 0 Å². The zero-order chi connectivity index (χ0) is 26.3. The van der Waals surface area contributed by atoms with E-state index >= 15 is 0 Å². The Hall–Kier alpha value is -3.00. The molecular formula is C28H40N2O6. The second-order valence-electron chi connectivity index (χ2n) is 10.8. The van der Waals surface area contributed by atoms with E-state index < -0.39 is 0 Å². The van der Waals surface area contributed by atoms with Gasteiger partial charge in [-0.3, -0.25) is 9.59 Å². The van der Waals surface area contributed by atoms with E-state index in [2.05, 4.69) is 27.7 Å². The molecule has 1 aliphatic heterocycles. The van der Waals surface area contributed by atoms with E-state index in [-0.39, 0.29) is 36.5 Å². The first-order valence-corrected chi connectivity index (χ1v) is 12.5. The Balaban J connectivity index is 1.74. The van der Waals surface area contributed by atoms with Gasteiger partial charge in [0.1, 0.15) is 11.5 Å². The third kappa shape index (κ3) is 8.29. The Kier molecular flexibility index (Phi) is 9.43. The van der Waals surface area contributed by atoms with Gasteiger partial charge in [-0.1, -0.05) is 33.8 Å². The molecular weight excluding hydrogens is 460 g/mol. The fourth-order valence-corrected chi connectivity index (χ4v) is 4.55. The molecule has 2 heterocycles. The summed E-state index contributed by atoms with van der Waals surface area (Å²) in [5, 5.41) is 0. The Morgan fingerprint density at radius 3 is 2.44 bits per heavy atom. The van der Waals surface area contributed by atoms with Gasteiger partial charge in [-0.2, -0.15) is 0 Å². The number of rotatable bonds is 12. The van der Waals surface area contributed by atoms with Gasteiger partial charge in [-0.05, 0) is 54.5 Å². The number of nitrogens with zero attached hydrogens (tertiary/aromatic N) is 2. The van der Waals surface area contributed by atoms with Gasteiger partial charge in [0.15, 0.2) is 11.5 Å². The molecule has 8 heteroatoms. The lowest BCUT2D eigenvalue weighted by Gasteiger charge is -2.29. The summed E-state index contributed by atoms with van der Waals surface area (Å²) in [4.78, 5) is 30.1. The minimum atomic E-state index is -0.158. The Labute approximate surface area is 214 Å². The first-order chi connectivity index (χ1) is 17.0. The van der Waals surface area contributed by atoms with E-state index in [0.29, 0.717) is 49.9 Å². The van der Waals surface area contributed by atoms with Crippen LogP contribution in [0.15, 0.2) is 34.7 Å². The molecule has 1 aromatic heterocycles. The Morgan fingerprint density at radius 1 is 1.03 bits per heavy atom. The highest BCUT2D eigenvalue weighted by Crippen LogP contribution is 2.33. The number of fused-ring (bicyclic) bond motifs is 1. The van der Waals surface area contributed by atoms with Gasteiger partial charge < -0.3 is 28.4 Å². The maximum Gasteiger partial charge on any atom is 0.242 e. The van der Waals surface area contributed by atoms with Crippen LogP contribution in [0.2, 0.25) is 0 Å². The largest absolute Gasteiger partial charge is 0.464 e. The van der Waals surface area contributed by atoms with E-state index in [0.717, 1.165) is 17.7 Å². The van der Waals surface area contributed by atoms with E-state index in [1.807, 2.05) is 37.3 Å². The highest BCUT2D eigenvalue weighted by Gasteiger charge is 2.25. The third-order valence-corrected chi connectivity index (χ3v) is 6.03. The van der Waals surface area contributed by atoms with Crippen molar-refractivity contribution < 1.29 is 28.2 Å². The van der Waals surface area contributed by atoms with Crippen LogP contribution in [0, 0.1) is 18.3 Å². The molecule has 1 aliphatic rings. The van der Waals surface area contributed by atoms with Crippen LogP contribution in [0.4, 0.5) is 0 Å². The molecule has 0 N–H and O–H groups in total. The maximum atomic E-state index is 13.6. The van der Waals surface area contributed by atoms with Crippen molar-refractivity contribution in [2.75, 3.05) is 33.6 Å². The van der Waals surface area contributed by atoms with E-state index in [4.69, 9.17) is 18.6 Å². The molecule has 198 valence electrons. The van der Waals surface area contributed by atoms with E-state index in [1.165, 1.54) is 0 Å². The van der Waals surface area contributed by atoms with Crippen molar-refractivity contribution >= 4 is 11.8 Å². The number of aryl methyl sites for hydroxylation is 1. The van der Waals surface area contributed by atoms with Crippen molar-refractivity contribution in [1.29, 1.82) is 0 Å². The number of amides is 2. The second-order valence-corrected chi connectivity index (χ2v) is 10.8. The van der Waals surface area contributed by atoms with Crippen molar-refractivity contribution in [3.63, 3.8) is 0 Å². The summed E-state index contributed by atoms with van der Waals surface area (Å²) in [7, 11) is 1.60. The molecule has 0 bridgehead atoms. The number of benzene rings is 1. The summed E-state index contributed by atoms with van der Waals surface area (Å²) >= 11 is 0. The number of methoxy groups -OCH3 is 1. The van der Waals surface area contributed by atoms with Crippen molar-refractivity contribution in [3.8, 4) is 11.5 Å². The predicted octanol–water partition coefficient (Wildman–Crippen LogP) is 4.78. The number of ether oxygens (including phenoxy) is 3. The SMILES string of the molecule is COCCN(CC(=O)N(Cc1ccc2c(c1)OCO2)Cc1ccc(C)o1)C(=O)CC(C)CC(C)(C)C. The average molecular weight is 501 g/mol. The van der Waals surface area contributed by atoms with Crippen LogP contribution in [0.1, 0.15) is 57.6 Å². The van der Waals surface area contributed by atoms with Crippen molar-refractivity contribution in [2.24, 2.45) is 11.3 Å². The molecule has 0 spiro atoms. The summed E-state index contributed by atoms with van der Waals surface area (Å²) in [6.45, 7) is 12.0. The maximum absolute atomic E-state index is 13.6. The lowest BCUT2D eigenvalue weighted by molar-refractivity contribution is -0.142. The van der Waals surface area contributed by atoms with Gasteiger partial charge in [0, 0.05) is 26.6 Å². The molecule has 0 saturated carbocycles. The normalized spacial score (nSPS) is 13.5. The monoisotopic (exact) mass is 500 g/mol. The number of carbonyl (C=O) groups is 2. The minimum absolute atomic E-state index is 0.0192. The first kappa shape index (κ1) is 27.6. The van der Waals surface area contributed by atoms with Gasteiger partial charge in [0.25, 0.3) is 0 Å². The summed E-state index contributed by atoms with van der Waals surface area (Å²) < 4.78 is 21.9. The van der Waals surface area contributed by atoms with E-state index in [9.17, 15) is 9.59 Å². The van der Waals surface area contributed by atoms with Gasteiger partial charge in [0.2, 0.25) is 18.6 Å². The van der Waals surface area contributed by atoms with Crippen LogP contribution < -0.4 is 9.47 Å². The number of hydrogen-bond acceptors (Lipinski definition) is 6. The smallest absolute Gasteiger partial charge is 0.242 e. The predicted molar refractivity (Wildman–Crippen MR) is 137 cm³/mol. The summed E-state index contributed by atoms with van der Waals surface area (Å²) in [5.41, 5.74) is 1.04. The molecule has 0 aliphatic carbocycles. The lowest BCUT2D eigenvalue weighted by Crippen LogP contribution is -2.44. The van der Waals surface area contributed by atoms with Crippen LogP contribution in [0.25, 0.3) is 0 Å². The third-order valence-electron chi connectivity index (χ3n) is 6.03.